The molecule has 1 aliphatic rings. The van der Waals surface area contributed by atoms with Crippen LogP contribution in [0.15, 0.2) is 16.9 Å². The molecule has 1 heterocycles. The Morgan fingerprint density at radius 3 is 1.83 bits per heavy atom. The number of nitrogens with zero attached hydrogens (tertiary/aromatic N) is 1. The quantitative estimate of drug-likeness (QED) is 0.355. The maximum Gasteiger partial charge on any atom is 0.356 e. The van der Waals surface area contributed by atoms with Gasteiger partial charge in [0.1, 0.15) is 0 Å². The summed E-state index contributed by atoms with van der Waals surface area (Å²) < 4.78 is 0. The van der Waals surface area contributed by atoms with Gasteiger partial charge in [0, 0.05) is 6.20 Å². The van der Waals surface area contributed by atoms with E-state index in [1.165, 1.54) is 0 Å². The lowest BCUT2D eigenvalue weighted by Gasteiger charge is -2.27. The molecular formula is C8H6N2O8. The maximum atomic E-state index is 10.9. The van der Waals surface area contributed by atoms with E-state index in [1.54, 1.807) is 5.32 Å². The summed E-state index contributed by atoms with van der Waals surface area (Å²) in [6, 6.07) is 0. The molecule has 0 spiro atoms. The molecule has 0 unspecified atom stereocenters. The second kappa shape index (κ2) is 4.16. The standard InChI is InChI=1S/C8H6N2O8/c11-4(12)2-1-9-8(6(15)16,7(17)18)3(10-2)5(13)14/h1,9H,(H,11,12)(H,13,14)(H,15,16)(H,17,18). The highest BCUT2D eigenvalue weighted by atomic mass is 16.4. The molecule has 0 radical (unpaired) electrons. The first-order chi connectivity index (χ1) is 8.23. The van der Waals surface area contributed by atoms with Crippen molar-refractivity contribution in [3.63, 3.8) is 0 Å². The van der Waals surface area contributed by atoms with Crippen LogP contribution < -0.4 is 5.32 Å². The minimum absolute atomic E-state index is 0.511. The van der Waals surface area contributed by atoms with Gasteiger partial charge in [-0.15, -0.1) is 0 Å². The van der Waals surface area contributed by atoms with Gasteiger partial charge in [0.05, 0.1) is 0 Å². The van der Waals surface area contributed by atoms with Crippen molar-refractivity contribution in [1.29, 1.82) is 0 Å². The summed E-state index contributed by atoms with van der Waals surface area (Å²) in [5.41, 5.74) is -5.18. The Morgan fingerprint density at radius 2 is 1.50 bits per heavy atom. The normalized spacial score (nSPS) is 16.9. The van der Waals surface area contributed by atoms with Crippen molar-refractivity contribution in [2.75, 3.05) is 0 Å². The molecule has 18 heavy (non-hydrogen) atoms. The van der Waals surface area contributed by atoms with Crippen LogP contribution in [-0.2, 0) is 19.2 Å². The molecule has 0 fully saturated rings. The highest BCUT2D eigenvalue weighted by Crippen LogP contribution is 2.17. The van der Waals surface area contributed by atoms with Crippen molar-refractivity contribution in [2.45, 2.75) is 5.54 Å². The molecule has 0 aromatic rings. The van der Waals surface area contributed by atoms with Crippen LogP contribution in [0.1, 0.15) is 0 Å². The minimum atomic E-state index is -3.02. The number of hydrogen-bond acceptors (Lipinski definition) is 6. The van der Waals surface area contributed by atoms with Gasteiger partial charge in [-0.05, 0) is 0 Å². The van der Waals surface area contributed by atoms with Crippen molar-refractivity contribution >= 4 is 29.6 Å². The third-order valence-electron chi connectivity index (χ3n) is 2.08. The smallest absolute Gasteiger partial charge is 0.356 e. The monoisotopic (exact) mass is 258 g/mol. The van der Waals surface area contributed by atoms with E-state index in [0.717, 1.165) is 0 Å². The van der Waals surface area contributed by atoms with Crippen molar-refractivity contribution in [3.8, 4) is 0 Å². The number of carboxylic acids is 4. The zero-order valence-corrected chi connectivity index (χ0v) is 8.45. The fourth-order valence-corrected chi connectivity index (χ4v) is 1.22. The van der Waals surface area contributed by atoms with E-state index in [2.05, 4.69) is 4.99 Å². The number of carboxylic acid groups (broad SMARTS) is 4. The van der Waals surface area contributed by atoms with Crippen LogP contribution in [0.3, 0.4) is 0 Å². The summed E-state index contributed by atoms with van der Waals surface area (Å²) in [6.45, 7) is 0. The predicted octanol–water partition coefficient (Wildman–Crippen LogP) is -2.05. The van der Waals surface area contributed by atoms with E-state index in [4.69, 9.17) is 20.4 Å². The Hall–Kier alpha value is -2.91. The minimum Gasteiger partial charge on any atom is -0.479 e. The Bertz CT molecular complexity index is 503. The molecule has 5 N–H and O–H groups in total. The maximum absolute atomic E-state index is 10.9. The lowest BCUT2D eigenvalue weighted by molar-refractivity contribution is -0.155. The van der Waals surface area contributed by atoms with Crippen molar-refractivity contribution < 1.29 is 39.6 Å². The van der Waals surface area contributed by atoms with E-state index >= 15 is 0 Å². The Labute approximate surface area is 97.9 Å². The summed E-state index contributed by atoms with van der Waals surface area (Å²) in [4.78, 5) is 46.3. The molecule has 0 aromatic carbocycles. The average Bonchev–Trinajstić information content (AvgIpc) is 2.26. The molecule has 0 saturated carbocycles. The fourth-order valence-electron chi connectivity index (χ4n) is 1.22. The number of carbonyl (C=O) groups is 4. The molecular weight excluding hydrogens is 252 g/mol. The van der Waals surface area contributed by atoms with Crippen molar-refractivity contribution in [1.82, 2.24) is 5.32 Å². The highest BCUT2D eigenvalue weighted by molar-refractivity contribution is 6.50. The summed E-state index contributed by atoms with van der Waals surface area (Å²) in [5.74, 6) is -7.65. The lowest BCUT2D eigenvalue weighted by Crippen LogP contribution is -2.65. The highest BCUT2D eigenvalue weighted by Gasteiger charge is 2.56. The molecule has 0 aromatic heterocycles. The Balaban J connectivity index is 3.47. The van der Waals surface area contributed by atoms with E-state index in [0.29, 0.717) is 6.20 Å². The summed E-state index contributed by atoms with van der Waals surface area (Å²) >= 11 is 0. The van der Waals surface area contributed by atoms with Gasteiger partial charge in [0.2, 0.25) is 0 Å². The van der Waals surface area contributed by atoms with E-state index in [9.17, 15) is 19.2 Å². The average molecular weight is 258 g/mol. The number of hydrogen-bond donors (Lipinski definition) is 5. The van der Waals surface area contributed by atoms with Crippen LogP contribution in [-0.4, -0.2) is 55.6 Å². The lowest BCUT2D eigenvalue weighted by atomic mass is 9.91. The molecule has 1 rings (SSSR count). The van der Waals surface area contributed by atoms with Gasteiger partial charge in [-0.2, -0.15) is 0 Å². The van der Waals surface area contributed by atoms with Crippen LogP contribution in [0.25, 0.3) is 0 Å². The van der Waals surface area contributed by atoms with Gasteiger partial charge < -0.3 is 25.7 Å². The predicted molar refractivity (Wildman–Crippen MR) is 51.9 cm³/mol. The van der Waals surface area contributed by atoms with Crippen LogP contribution >= 0.6 is 0 Å². The Morgan fingerprint density at radius 1 is 1.00 bits per heavy atom. The van der Waals surface area contributed by atoms with Crippen LogP contribution in [0.4, 0.5) is 0 Å². The molecule has 1 aliphatic heterocycles. The first kappa shape index (κ1) is 13.2. The van der Waals surface area contributed by atoms with Gasteiger partial charge in [0.25, 0.3) is 5.54 Å². The topological polar surface area (TPSA) is 174 Å². The van der Waals surface area contributed by atoms with E-state index in [1.807, 2.05) is 0 Å². The van der Waals surface area contributed by atoms with Crippen molar-refractivity contribution in [2.24, 2.45) is 4.99 Å². The van der Waals surface area contributed by atoms with Crippen LogP contribution in [0.2, 0.25) is 0 Å². The second-order valence-electron chi connectivity index (χ2n) is 3.10. The zero-order chi connectivity index (χ0) is 14.1. The Kier molecular flexibility index (Phi) is 3.04. The number of rotatable bonds is 4. The van der Waals surface area contributed by atoms with E-state index in [-0.39, 0.29) is 0 Å². The van der Waals surface area contributed by atoms with Gasteiger partial charge in [0.15, 0.2) is 11.4 Å². The molecule has 0 bridgehead atoms. The third kappa shape index (κ3) is 1.75. The second-order valence-corrected chi connectivity index (χ2v) is 3.10. The molecule has 0 amide bonds. The fraction of sp³-hybridized carbons (Fsp3) is 0.125. The molecule has 10 heteroatoms. The zero-order valence-electron chi connectivity index (χ0n) is 8.45. The first-order valence-corrected chi connectivity index (χ1v) is 4.24. The van der Waals surface area contributed by atoms with Crippen molar-refractivity contribution in [3.05, 3.63) is 11.9 Å². The number of aliphatic carboxylic acids is 4. The molecule has 0 atom stereocenters. The molecule has 0 saturated heterocycles. The summed E-state index contributed by atoms with van der Waals surface area (Å²) in [7, 11) is 0. The van der Waals surface area contributed by atoms with Gasteiger partial charge >= 0.3 is 23.9 Å². The van der Waals surface area contributed by atoms with E-state index < -0.39 is 40.8 Å². The number of nitrogens with one attached hydrogen (secondary N) is 1. The molecule has 96 valence electrons. The van der Waals surface area contributed by atoms with Gasteiger partial charge in [-0.1, -0.05) is 0 Å². The van der Waals surface area contributed by atoms with Gasteiger partial charge in [-0.3, -0.25) is 0 Å². The van der Waals surface area contributed by atoms with Crippen LogP contribution in [0, 0.1) is 0 Å². The summed E-state index contributed by atoms with van der Waals surface area (Å²) in [5, 5.41) is 36.8. The summed E-state index contributed by atoms with van der Waals surface area (Å²) in [6.07, 6.45) is 0.511. The molecule has 0 aliphatic carbocycles. The number of aliphatic imine (C=N–C) groups is 1. The molecule has 10 nitrogen and oxygen atoms in total. The SMILES string of the molecule is O=C(O)C1=CNC(C(=O)O)(C(=O)O)C(C(=O)O)=N1. The van der Waals surface area contributed by atoms with Crippen LogP contribution in [0.5, 0.6) is 0 Å². The van der Waals surface area contributed by atoms with Gasteiger partial charge in [-0.25, -0.2) is 24.2 Å². The third-order valence-corrected chi connectivity index (χ3v) is 2.08. The first-order valence-electron chi connectivity index (χ1n) is 4.24. The largest absolute Gasteiger partial charge is 0.479 e.